The molecule has 1 aromatic rings. The molecule has 0 saturated carbocycles. The lowest BCUT2D eigenvalue weighted by Gasteiger charge is -2.14. The summed E-state index contributed by atoms with van der Waals surface area (Å²) in [6.45, 7) is 3.26. The molecule has 1 N–H and O–H groups in total. The molecule has 3 rings (SSSR count). The topological polar surface area (TPSA) is 47.6 Å². The van der Waals surface area contributed by atoms with Crippen LogP contribution in [0.2, 0.25) is 0 Å². The monoisotopic (exact) mass is 231 g/mol. The van der Waals surface area contributed by atoms with Crippen molar-refractivity contribution in [3.63, 3.8) is 0 Å². The Kier molecular flexibility index (Phi) is 2.28. The van der Waals surface area contributed by atoms with Gasteiger partial charge in [-0.1, -0.05) is 12.1 Å². The van der Waals surface area contributed by atoms with Crippen molar-refractivity contribution in [2.45, 2.75) is 13.3 Å². The minimum Gasteiger partial charge on any atom is -0.496 e. The third-order valence-electron chi connectivity index (χ3n) is 2.96. The Bertz CT molecular complexity index is 604. The molecule has 4 nitrogen and oxygen atoms in total. The van der Waals surface area contributed by atoms with Crippen LogP contribution in [-0.2, 0) is 16.0 Å². The fourth-order valence-electron chi connectivity index (χ4n) is 2.24. The van der Waals surface area contributed by atoms with E-state index in [-0.39, 0.29) is 5.97 Å². The van der Waals surface area contributed by atoms with Crippen LogP contribution >= 0.6 is 0 Å². The minimum atomic E-state index is -0.190. The number of hydrogen-bond acceptors (Lipinski definition) is 4. The molecule has 0 aliphatic carbocycles. The predicted octanol–water partition coefficient (Wildman–Crippen LogP) is -0.366. The number of benzene rings is 1. The Labute approximate surface area is 98.5 Å². The molecule has 88 valence electrons. The quantitative estimate of drug-likeness (QED) is 0.557. The molecular weight excluding hydrogens is 218 g/mol. The zero-order valence-electron chi connectivity index (χ0n) is 9.58. The maximum absolute atomic E-state index is 11.3. The van der Waals surface area contributed by atoms with Gasteiger partial charge in [0.25, 0.3) is 0 Å². The number of esters is 1. The first kappa shape index (κ1) is 10.2. The van der Waals surface area contributed by atoms with E-state index in [4.69, 9.17) is 9.47 Å². The lowest BCUT2D eigenvalue weighted by atomic mass is 10.1. The molecule has 0 radical (unpaired) electrons. The van der Waals surface area contributed by atoms with Gasteiger partial charge in [0.1, 0.15) is 11.5 Å². The fraction of sp³-hybridized carbons (Fsp3) is 0.308. The molecule has 1 aromatic carbocycles. The van der Waals surface area contributed by atoms with Crippen molar-refractivity contribution in [1.82, 2.24) is 5.32 Å². The zero-order valence-corrected chi connectivity index (χ0v) is 9.58. The van der Waals surface area contributed by atoms with E-state index in [1.807, 2.05) is 25.3 Å². The molecule has 0 aromatic heterocycles. The Morgan fingerprint density at radius 3 is 3.18 bits per heavy atom. The summed E-state index contributed by atoms with van der Waals surface area (Å²) in [6, 6.07) is 3.94. The van der Waals surface area contributed by atoms with Crippen LogP contribution in [0.5, 0.6) is 5.75 Å². The van der Waals surface area contributed by atoms with Gasteiger partial charge in [0.15, 0.2) is 0 Å². The van der Waals surface area contributed by atoms with E-state index >= 15 is 0 Å². The van der Waals surface area contributed by atoms with Gasteiger partial charge in [-0.15, -0.1) is 0 Å². The highest BCUT2D eigenvalue weighted by Gasteiger charge is 2.22. The van der Waals surface area contributed by atoms with Gasteiger partial charge < -0.3 is 14.8 Å². The minimum absolute atomic E-state index is 0.190. The van der Waals surface area contributed by atoms with Crippen molar-refractivity contribution in [2.75, 3.05) is 13.2 Å². The number of ether oxygens (including phenoxy) is 2. The largest absolute Gasteiger partial charge is 0.496 e. The fourth-order valence-corrected chi connectivity index (χ4v) is 2.24. The van der Waals surface area contributed by atoms with Gasteiger partial charge in [-0.3, -0.25) is 4.79 Å². The van der Waals surface area contributed by atoms with Crippen LogP contribution in [0.3, 0.4) is 0 Å². The number of fused-ring (bicyclic) bond motifs is 3. The Hall–Kier alpha value is -1.97. The maximum Gasteiger partial charge on any atom is 0.315 e. The van der Waals surface area contributed by atoms with Crippen molar-refractivity contribution >= 4 is 17.9 Å². The Balaban J connectivity index is 2.27. The molecular formula is C13H13NO3. The van der Waals surface area contributed by atoms with Crippen LogP contribution in [0.15, 0.2) is 12.1 Å². The highest BCUT2D eigenvalue weighted by Crippen LogP contribution is 2.20. The van der Waals surface area contributed by atoms with E-state index in [0.717, 1.165) is 21.8 Å². The summed E-state index contributed by atoms with van der Waals surface area (Å²) in [5.41, 5.74) is 0.949. The molecule has 0 amide bonds. The smallest absolute Gasteiger partial charge is 0.315 e. The first-order valence-electron chi connectivity index (χ1n) is 5.71. The summed E-state index contributed by atoms with van der Waals surface area (Å²) in [4.78, 5) is 11.3. The van der Waals surface area contributed by atoms with E-state index in [2.05, 4.69) is 5.32 Å². The van der Waals surface area contributed by atoms with Gasteiger partial charge in [0.2, 0.25) is 0 Å². The van der Waals surface area contributed by atoms with Crippen LogP contribution in [0, 0.1) is 0 Å². The molecule has 0 saturated heterocycles. The lowest BCUT2D eigenvalue weighted by molar-refractivity contribution is -0.131. The molecule has 0 spiro atoms. The van der Waals surface area contributed by atoms with E-state index in [1.165, 1.54) is 0 Å². The molecule has 0 atom stereocenters. The van der Waals surface area contributed by atoms with Crippen LogP contribution in [0.1, 0.15) is 12.5 Å². The van der Waals surface area contributed by atoms with E-state index < -0.39 is 0 Å². The lowest BCUT2D eigenvalue weighted by Crippen LogP contribution is -2.38. The van der Waals surface area contributed by atoms with Gasteiger partial charge in [-0.25, -0.2) is 0 Å². The predicted molar refractivity (Wildman–Crippen MR) is 62.5 cm³/mol. The number of hydrogen-bond donors (Lipinski definition) is 1. The van der Waals surface area contributed by atoms with Gasteiger partial charge in [0, 0.05) is 22.2 Å². The van der Waals surface area contributed by atoms with E-state index in [1.54, 1.807) is 0 Å². The summed E-state index contributed by atoms with van der Waals surface area (Å²) in [7, 11) is 0. The summed E-state index contributed by atoms with van der Waals surface area (Å²) >= 11 is 0. The second-order valence-electron chi connectivity index (χ2n) is 4.05. The van der Waals surface area contributed by atoms with Crippen LogP contribution < -0.4 is 20.5 Å². The summed E-state index contributed by atoms with van der Waals surface area (Å²) in [5.74, 6) is 1.39. The second-order valence-corrected chi connectivity index (χ2v) is 4.05. The molecule has 2 aliphatic rings. The van der Waals surface area contributed by atoms with Crippen LogP contribution in [0.25, 0.3) is 12.0 Å². The molecule has 0 fully saturated rings. The highest BCUT2D eigenvalue weighted by atomic mass is 16.5. The molecule has 2 heterocycles. The molecule has 2 aliphatic heterocycles. The molecule has 0 unspecified atom stereocenters. The first-order valence-corrected chi connectivity index (χ1v) is 5.71. The molecule has 17 heavy (non-hydrogen) atoms. The van der Waals surface area contributed by atoms with E-state index in [9.17, 15) is 4.79 Å². The average Bonchev–Trinajstić information content (AvgIpc) is 2.70. The second kappa shape index (κ2) is 3.80. The van der Waals surface area contributed by atoms with Crippen molar-refractivity contribution < 1.29 is 14.3 Å². The van der Waals surface area contributed by atoms with Crippen molar-refractivity contribution in [1.29, 1.82) is 0 Å². The Morgan fingerprint density at radius 1 is 1.47 bits per heavy atom. The number of nitrogens with one attached hydrogen (secondary N) is 1. The number of rotatable bonds is 2. The van der Waals surface area contributed by atoms with E-state index in [0.29, 0.717) is 25.3 Å². The highest BCUT2D eigenvalue weighted by molar-refractivity contribution is 5.81. The molecule has 0 bridgehead atoms. The summed E-state index contributed by atoms with van der Waals surface area (Å²) in [5, 5.41) is 5.07. The van der Waals surface area contributed by atoms with Crippen LogP contribution in [0.4, 0.5) is 0 Å². The van der Waals surface area contributed by atoms with Gasteiger partial charge in [-0.2, -0.15) is 0 Å². The Morgan fingerprint density at radius 2 is 2.35 bits per heavy atom. The summed E-state index contributed by atoms with van der Waals surface area (Å²) in [6.07, 6.45) is 2.25. The third kappa shape index (κ3) is 1.56. The average molecular weight is 231 g/mol. The first-order chi connectivity index (χ1) is 8.29. The SMILES string of the molecule is CCOC1=c2ccc3c(c2=CNC1)OC(=O)C3. The zero-order chi connectivity index (χ0) is 11.8. The molecule has 4 heteroatoms. The van der Waals surface area contributed by atoms with Crippen molar-refractivity contribution in [3.05, 3.63) is 28.1 Å². The van der Waals surface area contributed by atoms with Crippen molar-refractivity contribution in [2.24, 2.45) is 0 Å². The van der Waals surface area contributed by atoms with Crippen molar-refractivity contribution in [3.8, 4) is 5.75 Å². The standard InChI is InChI=1S/C13H13NO3/c1-2-16-11-7-14-6-10-9(11)4-3-8-5-12(15)17-13(8)10/h3-4,6,14H,2,5,7H2,1H3. The van der Waals surface area contributed by atoms with Crippen LogP contribution in [-0.4, -0.2) is 19.1 Å². The maximum atomic E-state index is 11.3. The normalized spacial score (nSPS) is 16.5. The van der Waals surface area contributed by atoms with Gasteiger partial charge in [0.05, 0.1) is 19.6 Å². The van der Waals surface area contributed by atoms with Gasteiger partial charge in [-0.05, 0) is 6.92 Å². The number of carbonyl (C=O) groups is 1. The third-order valence-corrected chi connectivity index (χ3v) is 2.96. The number of carbonyl (C=O) groups excluding carboxylic acids is 1. The van der Waals surface area contributed by atoms with Gasteiger partial charge >= 0.3 is 5.97 Å². The summed E-state index contributed by atoms with van der Waals surface area (Å²) < 4.78 is 10.8.